The van der Waals surface area contributed by atoms with Crippen LogP contribution in [0.15, 0.2) is 57.3 Å². The summed E-state index contributed by atoms with van der Waals surface area (Å²) in [5.41, 5.74) is 3.89. The first-order chi connectivity index (χ1) is 16.6. The summed E-state index contributed by atoms with van der Waals surface area (Å²) in [5, 5.41) is 3.39. The first-order valence-electron chi connectivity index (χ1n) is 12.0. The van der Waals surface area contributed by atoms with E-state index in [4.69, 9.17) is 9.47 Å². The van der Waals surface area contributed by atoms with Crippen molar-refractivity contribution in [1.29, 1.82) is 0 Å². The first-order valence-corrected chi connectivity index (χ1v) is 13.7. The third kappa shape index (κ3) is 5.41. The molecule has 1 aromatic carbocycles. The Balaban J connectivity index is 1.75. The number of rotatable bonds is 7. The minimum atomic E-state index is -0.425. The number of ether oxygens (including phenoxy) is 2. The molecular formula is C28H32BrNO4S. The number of dihydropyridines is 1. The van der Waals surface area contributed by atoms with Gasteiger partial charge in [0.05, 0.1) is 18.1 Å². The number of benzene rings is 1. The van der Waals surface area contributed by atoms with Crippen molar-refractivity contribution in [1.82, 2.24) is 5.32 Å². The van der Waals surface area contributed by atoms with Gasteiger partial charge in [-0.05, 0) is 62.4 Å². The maximum absolute atomic E-state index is 13.5. The molecule has 0 radical (unpaired) electrons. The SMILES string of the molecule is CCOC(=O)C1=C(C)NC2=C(C(=O)CC(C)(C)C2)C1c1cc(COc2ccc(Br)cc2)c(CC)s1. The van der Waals surface area contributed by atoms with E-state index in [9.17, 15) is 9.59 Å². The molecule has 0 bridgehead atoms. The zero-order valence-corrected chi connectivity index (χ0v) is 23.3. The Hall–Kier alpha value is -2.38. The molecule has 4 rings (SSSR count). The summed E-state index contributed by atoms with van der Waals surface area (Å²) in [6.45, 7) is 10.8. The standard InChI is InChI=1S/C28H32BrNO4S/c1-6-22-17(15-34-19-10-8-18(29)9-11-19)12-23(35-22)26-24(27(32)33-7-2)16(3)30-20-13-28(4,5)14-21(31)25(20)26/h8-12,26,30H,6-7,13-15H2,1-5H3. The van der Waals surface area contributed by atoms with Gasteiger partial charge in [-0.2, -0.15) is 0 Å². The Labute approximate surface area is 219 Å². The molecule has 1 aliphatic carbocycles. The summed E-state index contributed by atoms with van der Waals surface area (Å²) < 4.78 is 12.5. The van der Waals surface area contributed by atoms with E-state index in [1.807, 2.05) is 31.2 Å². The van der Waals surface area contributed by atoms with Crippen LogP contribution >= 0.6 is 27.3 Å². The summed E-state index contributed by atoms with van der Waals surface area (Å²) >= 11 is 5.11. The van der Waals surface area contributed by atoms with Crippen LogP contribution in [-0.2, 0) is 27.4 Å². The molecule has 7 heteroatoms. The summed E-state index contributed by atoms with van der Waals surface area (Å²) in [7, 11) is 0. The summed E-state index contributed by atoms with van der Waals surface area (Å²) in [6.07, 6.45) is 2.08. The van der Waals surface area contributed by atoms with Crippen molar-refractivity contribution in [3.05, 3.63) is 72.7 Å². The van der Waals surface area contributed by atoms with Gasteiger partial charge in [0.25, 0.3) is 0 Å². The van der Waals surface area contributed by atoms with E-state index in [1.165, 1.54) is 4.88 Å². The number of carbonyl (C=O) groups excluding carboxylic acids is 2. The minimum absolute atomic E-state index is 0.0992. The number of ketones is 1. The number of aryl methyl sites for hydroxylation is 1. The lowest BCUT2D eigenvalue weighted by molar-refractivity contribution is -0.138. The normalized spacial score (nSPS) is 19.4. The molecule has 1 N–H and O–H groups in total. The van der Waals surface area contributed by atoms with Gasteiger partial charge in [-0.1, -0.05) is 36.7 Å². The summed E-state index contributed by atoms with van der Waals surface area (Å²) in [5.74, 6) is 0.0982. The Kier molecular flexibility index (Phi) is 7.57. The molecule has 0 saturated carbocycles. The van der Waals surface area contributed by atoms with Gasteiger partial charge in [-0.15, -0.1) is 11.3 Å². The number of hydrogen-bond donors (Lipinski definition) is 1. The number of carbonyl (C=O) groups is 2. The molecule has 5 nitrogen and oxygen atoms in total. The van der Waals surface area contributed by atoms with E-state index in [2.05, 4.69) is 48.1 Å². The average molecular weight is 559 g/mol. The molecule has 1 atom stereocenters. The van der Waals surface area contributed by atoms with Crippen LogP contribution < -0.4 is 10.1 Å². The molecule has 1 aromatic heterocycles. The lowest BCUT2D eigenvalue weighted by Crippen LogP contribution is -2.38. The third-order valence-corrected chi connectivity index (χ3v) is 8.38. The van der Waals surface area contributed by atoms with E-state index in [0.29, 0.717) is 24.2 Å². The zero-order valence-electron chi connectivity index (χ0n) is 20.9. The zero-order chi connectivity index (χ0) is 25.3. The Morgan fingerprint density at radius 3 is 2.57 bits per heavy atom. The molecule has 2 aromatic rings. The number of nitrogens with one attached hydrogen (secondary N) is 1. The molecule has 0 spiro atoms. The second-order valence-corrected chi connectivity index (χ2v) is 11.9. The highest BCUT2D eigenvalue weighted by molar-refractivity contribution is 9.10. The maximum atomic E-state index is 13.5. The lowest BCUT2D eigenvalue weighted by atomic mass is 9.70. The van der Waals surface area contributed by atoms with Crippen molar-refractivity contribution in [2.75, 3.05) is 6.61 Å². The van der Waals surface area contributed by atoms with Gasteiger partial charge in [0.2, 0.25) is 0 Å². The van der Waals surface area contributed by atoms with Crippen LogP contribution in [0.5, 0.6) is 5.75 Å². The van der Waals surface area contributed by atoms with Gasteiger partial charge in [0.1, 0.15) is 12.4 Å². The van der Waals surface area contributed by atoms with Crippen molar-refractivity contribution >= 4 is 39.0 Å². The van der Waals surface area contributed by atoms with Gasteiger partial charge in [0.15, 0.2) is 5.78 Å². The Morgan fingerprint density at radius 2 is 1.91 bits per heavy atom. The summed E-state index contributed by atoms with van der Waals surface area (Å²) in [6, 6.07) is 9.88. The van der Waals surface area contributed by atoms with Gasteiger partial charge in [-0.3, -0.25) is 4.79 Å². The van der Waals surface area contributed by atoms with E-state index in [-0.39, 0.29) is 23.8 Å². The van der Waals surface area contributed by atoms with Gasteiger partial charge < -0.3 is 14.8 Å². The Bertz CT molecular complexity index is 1210. The molecular weight excluding hydrogens is 526 g/mol. The molecule has 2 heterocycles. The van der Waals surface area contributed by atoms with Crippen LogP contribution in [-0.4, -0.2) is 18.4 Å². The second-order valence-electron chi connectivity index (χ2n) is 9.84. The van der Waals surface area contributed by atoms with Gasteiger partial charge >= 0.3 is 5.97 Å². The first kappa shape index (κ1) is 25.7. The number of hydrogen-bond acceptors (Lipinski definition) is 6. The van der Waals surface area contributed by atoms with E-state index < -0.39 is 5.92 Å². The van der Waals surface area contributed by atoms with Crippen molar-refractivity contribution in [2.45, 2.75) is 66.4 Å². The van der Waals surface area contributed by atoms with Crippen LogP contribution in [0.1, 0.15) is 68.7 Å². The predicted molar refractivity (Wildman–Crippen MR) is 142 cm³/mol. The number of esters is 1. The minimum Gasteiger partial charge on any atom is -0.489 e. The second kappa shape index (κ2) is 10.3. The highest BCUT2D eigenvalue weighted by atomic mass is 79.9. The van der Waals surface area contributed by atoms with Gasteiger partial charge in [0, 0.05) is 43.2 Å². The quantitative estimate of drug-likeness (QED) is 0.378. The van der Waals surface area contributed by atoms with E-state index in [0.717, 1.165) is 44.9 Å². The molecule has 186 valence electrons. The monoisotopic (exact) mass is 557 g/mol. The lowest BCUT2D eigenvalue weighted by Gasteiger charge is -2.39. The number of halogens is 1. The molecule has 2 aliphatic rings. The number of thiophene rings is 1. The fourth-order valence-electron chi connectivity index (χ4n) is 4.95. The summed E-state index contributed by atoms with van der Waals surface area (Å²) in [4.78, 5) is 28.8. The van der Waals surface area contributed by atoms with Crippen molar-refractivity contribution < 1.29 is 19.1 Å². The topological polar surface area (TPSA) is 64.6 Å². The molecule has 35 heavy (non-hydrogen) atoms. The van der Waals surface area contributed by atoms with Gasteiger partial charge in [-0.25, -0.2) is 4.79 Å². The molecule has 1 unspecified atom stereocenters. The predicted octanol–water partition coefficient (Wildman–Crippen LogP) is 6.82. The highest BCUT2D eigenvalue weighted by Crippen LogP contribution is 2.48. The maximum Gasteiger partial charge on any atom is 0.336 e. The van der Waals surface area contributed by atoms with E-state index in [1.54, 1.807) is 18.3 Å². The fourth-order valence-corrected chi connectivity index (χ4v) is 6.44. The van der Waals surface area contributed by atoms with Crippen LogP contribution in [0, 0.1) is 5.41 Å². The van der Waals surface area contributed by atoms with Crippen LogP contribution in [0.3, 0.4) is 0 Å². The molecule has 0 amide bonds. The smallest absolute Gasteiger partial charge is 0.336 e. The molecule has 0 saturated heterocycles. The van der Waals surface area contributed by atoms with E-state index >= 15 is 0 Å². The van der Waals surface area contributed by atoms with Crippen molar-refractivity contribution in [3.63, 3.8) is 0 Å². The van der Waals surface area contributed by atoms with Crippen molar-refractivity contribution in [2.24, 2.45) is 5.41 Å². The number of allylic oxidation sites excluding steroid dienone is 3. The number of Topliss-reactive ketones (excluding diaryl/α,β-unsaturated/α-hetero) is 1. The third-order valence-electron chi connectivity index (χ3n) is 6.46. The molecule has 1 aliphatic heterocycles. The average Bonchev–Trinajstić information content (AvgIpc) is 3.20. The van der Waals surface area contributed by atoms with Crippen molar-refractivity contribution in [3.8, 4) is 5.75 Å². The van der Waals surface area contributed by atoms with Crippen LogP contribution in [0.4, 0.5) is 0 Å². The van der Waals surface area contributed by atoms with Crippen LogP contribution in [0.2, 0.25) is 0 Å². The largest absolute Gasteiger partial charge is 0.489 e. The molecule has 0 fully saturated rings. The highest BCUT2D eigenvalue weighted by Gasteiger charge is 2.43. The Morgan fingerprint density at radius 1 is 1.20 bits per heavy atom. The van der Waals surface area contributed by atoms with Crippen LogP contribution in [0.25, 0.3) is 0 Å². The fraction of sp³-hybridized carbons (Fsp3) is 0.429.